The molecule has 2 saturated heterocycles. The zero-order valence-electron chi connectivity index (χ0n) is 17.2. The summed E-state index contributed by atoms with van der Waals surface area (Å²) in [6.45, 7) is 3.36. The molecule has 1 aliphatic carbocycles. The molecule has 152 valence electrons. The van der Waals surface area contributed by atoms with Gasteiger partial charge in [0.2, 0.25) is 11.8 Å². The van der Waals surface area contributed by atoms with Crippen LogP contribution in [-0.2, 0) is 9.59 Å². The van der Waals surface area contributed by atoms with E-state index < -0.39 is 0 Å². The molecule has 0 bridgehead atoms. The van der Waals surface area contributed by atoms with Crippen LogP contribution in [0.2, 0.25) is 0 Å². The summed E-state index contributed by atoms with van der Waals surface area (Å²) in [6.07, 6.45) is 9.85. The van der Waals surface area contributed by atoms with Gasteiger partial charge < -0.3 is 9.80 Å². The van der Waals surface area contributed by atoms with Gasteiger partial charge in [-0.25, -0.2) is 0 Å². The number of likely N-dealkylation sites (tertiary alicyclic amines) is 2. The second-order valence-electron chi connectivity index (χ2n) is 8.94. The second kappa shape index (κ2) is 8.67. The number of rotatable bonds is 2. The van der Waals surface area contributed by atoms with Crippen LogP contribution in [-0.4, -0.2) is 46.8 Å². The van der Waals surface area contributed by atoms with Crippen LogP contribution in [0.25, 0.3) is 0 Å². The Morgan fingerprint density at radius 1 is 0.821 bits per heavy atom. The molecule has 4 rings (SSSR count). The fourth-order valence-corrected chi connectivity index (χ4v) is 5.89. The molecule has 0 aromatic heterocycles. The van der Waals surface area contributed by atoms with Gasteiger partial charge in [0.15, 0.2) is 0 Å². The Labute approximate surface area is 169 Å². The minimum atomic E-state index is 0.115. The van der Waals surface area contributed by atoms with Crippen molar-refractivity contribution in [2.45, 2.75) is 82.7 Å². The largest absolute Gasteiger partial charge is 0.337 e. The summed E-state index contributed by atoms with van der Waals surface area (Å²) in [5, 5.41) is 0. The molecule has 1 aromatic carbocycles. The van der Waals surface area contributed by atoms with Gasteiger partial charge in [-0.2, -0.15) is 0 Å². The predicted octanol–water partition coefficient (Wildman–Crippen LogP) is 4.35. The monoisotopic (exact) mass is 382 g/mol. The van der Waals surface area contributed by atoms with Crippen LogP contribution in [0.1, 0.15) is 76.2 Å². The summed E-state index contributed by atoms with van der Waals surface area (Å²) in [4.78, 5) is 30.3. The summed E-state index contributed by atoms with van der Waals surface area (Å²) < 4.78 is 0. The third-order valence-corrected chi connectivity index (χ3v) is 7.27. The van der Waals surface area contributed by atoms with E-state index in [2.05, 4.69) is 40.1 Å². The van der Waals surface area contributed by atoms with Crippen molar-refractivity contribution in [3.8, 4) is 0 Å². The van der Waals surface area contributed by atoms with E-state index in [1.807, 2.05) is 0 Å². The maximum atomic E-state index is 13.5. The highest BCUT2D eigenvalue weighted by atomic mass is 16.2. The molecule has 2 aliphatic heterocycles. The lowest BCUT2D eigenvalue weighted by Crippen LogP contribution is -2.61. The smallest absolute Gasteiger partial charge is 0.226 e. The minimum Gasteiger partial charge on any atom is -0.337 e. The fourth-order valence-electron chi connectivity index (χ4n) is 5.89. The first kappa shape index (κ1) is 19.5. The zero-order valence-corrected chi connectivity index (χ0v) is 17.2. The van der Waals surface area contributed by atoms with E-state index >= 15 is 0 Å². The van der Waals surface area contributed by atoms with Crippen molar-refractivity contribution in [2.75, 3.05) is 13.1 Å². The lowest BCUT2D eigenvalue weighted by atomic mass is 9.77. The van der Waals surface area contributed by atoms with Gasteiger partial charge in [-0.3, -0.25) is 9.59 Å². The van der Waals surface area contributed by atoms with Crippen molar-refractivity contribution < 1.29 is 9.59 Å². The topological polar surface area (TPSA) is 40.6 Å². The van der Waals surface area contributed by atoms with Crippen molar-refractivity contribution in [2.24, 2.45) is 5.92 Å². The lowest BCUT2D eigenvalue weighted by Gasteiger charge is -2.50. The highest BCUT2D eigenvalue weighted by Gasteiger charge is 2.46. The van der Waals surface area contributed by atoms with Gasteiger partial charge in [0.05, 0.1) is 12.1 Å². The Kier molecular flexibility index (Phi) is 6.03. The number of hydrogen-bond donors (Lipinski definition) is 0. The number of carbonyl (C=O) groups excluding carboxylic acids is 2. The first-order valence-electron chi connectivity index (χ1n) is 11.3. The lowest BCUT2D eigenvalue weighted by molar-refractivity contribution is -0.147. The number of piperidine rings is 1. The fraction of sp³-hybridized carbons (Fsp3) is 0.667. The summed E-state index contributed by atoms with van der Waals surface area (Å²) in [6, 6.07) is 10.9. The number of benzene rings is 1. The van der Waals surface area contributed by atoms with E-state index in [4.69, 9.17) is 0 Å². The molecule has 0 unspecified atom stereocenters. The van der Waals surface area contributed by atoms with Gasteiger partial charge in [0.25, 0.3) is 0 Å². The Hall–Kier alpha value is -1.84. The number of fused-ring (bicyclic) bond motifs is 1. The van der Waals surface area contributed by atoms with Crippen molar-refractivity contribution >= 4 is 11.8 Å². The van der Waals surface area contributed by atoms with E-state index in [1.54, 1.807) is 6.92 Å². The van der Waals surface area contributed by atoms with Crippen molar-refractivity contribution in [1.82, 2.24) is 9.80 Å². The van der Waals surface area contributed by atoms with Crippen LogP contribution in [0.5, 0.6) is 0 Å². The molecule has 4 nitrogen and oxygen atoms in total. The van der Waals surface area contributed by atoms with Crippen molar-refractivity contribution in [1.29, 1.82) is 0 Å². The van der Waals surface area contributed by atoms with Crippen LogP contribution in [0.4, 0.5) is 0 Å². The van der Waals surface area contributed by atoms with E-state index in [9.17, 15) is 9.59 Å². The third kappa shape index (κ3) is 3.83. The number of carbonyl (C=O) groups is 2. The molecular formula is C24H34N2O2. The standard InChI is InChI=1S/C24H34N2O2/c1-18(27)25-16-9-8-14-22-23(25)21(19-10-4-2-5-11-19)15-17-26(22)24(28)20-12-6-3-7-13-20/h2,4-5,10-11,20-23H,3,6-9,12-17H2,1H3/t21-,22-,23-/m1/s1. The summed E-state index contributed by atoms with van der Waals surface area (Å²) >= 11 is 0. The second-order valence-corrected chi connectivity index (χ2v) is 8.94. The summed E-state index contributed by atoms with van der Waals surface area (Å²) in [5.41, 5.74) is 1.32. The Morgan fingerprint density at radius 2 is 1.54 bits per heavy atom. The maximum absolute atomic E-state index is 13.5. The Balaban J connectivity index is 1.65. The molecule has 3 aliphatic rings. The number of hydrogen-bond acceptors (Lipinski definition) is 2. The van der Waals surface area contributed by atoms with Gasteiger partial charge in [-0.15, -0.1) is 0 Å². The molecular weight excluding hydrogens is 348 g/mol. The molecule has 3 atom stereocenters. The molecule has 1 aromatic rings. The first-order valence-corrected chi connectivity index (χ1v) is 11.3. The molecule has 3 fully saturated rings. The average Bonchev–Trinajstić information content (AvgIpc) is 2.97. The van der Waals surface area contributed by atoms with Crippen LogP contribution < -0.4 is 0 Å². The summed E-state index contributed by atoms with van der Waals surface area (Å²) in [5.74, 6) is 1.05. The van der Waals surface area contributed by atoms with E-state index in [-0.39, 0.29) is 23.9 Å². The first-order chi connectivity index (χ1) is 13.7. The molecule has 1 saturated carbocycles. The van der Waals surface area contributed by atoms with Gasteiger partial charge in [0, 0.05) is 31.8 Å². The highest BCUT2D eigenvalue weighted by molar-refractivity contribution is 5.80. The average molecular weight is 383 g/mol. The van der Waals surface area contributed by atoms with E-state index in [1.165, 1.54) is 24.8 Å². The normalized spacial score (nSPS) is 29.1. The van der Waals surface area contributed by atoms with Crippen molar-refractivity contribution in [3.05, 3.63) is 35.9 Å². The number of amides is 2. The summed E-state index contributed by atoms with van der Waals surface area (Å²) in [7, 11) is 0. The molecule has 0 N–H and O–H groups in total. The minimum absolute atomic E-state index is 0.115. The quantitative estimate of drug-likeness (QED) is 0.763. The van der Waals surface area contributed by atoms with E-state index in [0.717, 1.165) is 51.6 Å². The Bertz CT molecular complexity index is 683. The maximum Gasteiger partial charge on any atom is 0.226 e. The molecule has 4 heteroatoms. The van der Waals surface area contributed by atoms with Crippen molar-refractivity contribution in [3.63, 3.8) is 0 Å². The third-order valence-electron chi connectivity index (χ3n) is 7.27. The van der Waals surface area contributed by atoms with Crippen LogP contribution in [0.15, 0.2) is 30.3 Å². The molecule has 0 radical (unpaired) electrons. The van der Waals surface area contributed by atoms with Gasteiger partial charge in [-0.05, 0) is 44.1 Å². The van der Waals surface area contributed by atoms with Gasteiger partial charge in [-0.1, -0.05) is 49.6 Å². The van der Waals surface area contributed by atoms with Crippen LogP contribution in [0, 0.1) is 5.92 Å². The highest BCUT2D eigenvalue weighted by Crippen LogP contribution is 2.40. The molecule has 2 amide bonds. The number of nitrogens with zero attached hydrogens (tertiary/aromatic N) is 2. The van der Waals surface area contributed by atoms with Crippen LogP contribution in [0.3, 0.4) is 0 Å². The molecule has 28 heavy (non-hydrogen) atoms. The van der Waals surface area contributed by atoms with Gasteiger partial charge >= 0.3 is 0 Å². The molecule has 2 heterocycles. The van der Waals surface area contributed by atoms with Crippen LogP contribution >= 0.6 is 0 Å². The van der Waals surface area contributed by atoms with Gasteiger partial charge in [0.1, 0.15) is 0 Å². The predicted molar refractivity (Wildman–Crippen MR) is 111 cm³/mol. The van der Waals surface area contributed by atoms with E-state index in [0.29, 0.717) is 11.8 Å². The zero-order chi connectivity index (χ0) is 19.5. The Morgan fingerprint density at radius 3 is 2.25 bits per heavy atom. The SMILES string of the molecule is CC(=O)N1CCCC[C@@H]2[C@H]1[C@@H](c1ccccc1)CCN2C(=O)C1CCCCC1. The molecule has 0 spiro atoms.